The molecular formula is C19H12N2O2S2. The third-order valence-corrected chi connectivity index (χ3v) is 5.40. The molecule has 0 radical (unpaired) electrons. The number of hydrogen-bond donors (Lipinski definition) is 1. The van der Waals surface area contributed by atoms with Gasteiger partial charge in [-0.2, -0.15) is 5.26 Å². The number of anilines is 1. The molecule has 0 unspecified atom stereocenters. The number of thiophene rings is 1. The lowest BCUT2D eigenvalue weighted by Crippen LogP contribution is -2.13. The van der Waals surface area contributed by atoms with Crippen LogP contribution in [0.25, 0.3) is 0 Å². The molecular weight excluding hydrogens is 352 g/mol. The van der Waals surface area contributed by atoms with Gasteiger partial charge in [0.2, 0.25) is 0 Å². The molecule has 2 aromatic carbocycles. The second kappa shape index (κ2) is 7.23. The maximum absolute atomic E-state index is 12.5. The topological polar surface area (TPSA) is 70.0 Å². The van der Waals surface area contributed by atoms with Crippen molar-refractivity contribution in [2.45, 2.75) is 4.90 Å². The van der Waals surface area contributed by atoms with Crippen LogP contribution in [0.2, 0.25) is 0 Å². The predicted molar refractivity (Wildman–Crippen MR) is 98.7 cm³/mol. The molecule has 6 heteroatoms. The highest BCUT2D eigenvalue weighted by atomic mass is 32.2. The highest BCUT2D eigenvalue weighted by Crippen LogP contribution is 2.18. The summed E-state index contributed by atoms with van der Waals surface area (Å²) in [6.07, 6.45) is 0. The van der Waals surface area contributed by atoms with E-state index in [2.05, 4.69) is 16.6 Å². The minimum atomic E-state index is -3.77. The van der Waals surface area contributed by atoms with Crippen molar-refractivity contribution in [2.24, 2.45) is 0 Å². The van der Waals surface area contributed by atoms with Gasteiger partial charge in [0.25, 0.3) is 10.0 Å². The van der Waals surface area contributed by atoms with Crippen LogP contribution in [0.15, 0.2) is 70.9 Å². The van der Waals surface area contributed by atoms with Gasteiger partial charge in [-0.25, -0.2) is 8.42 Å². The van der Waals surface area contributed by atoms with Crippen LogP contribution in [0, 0.1) is 23.2 Å². The summed E-state index contributed by atoms with van der Waals surface area (Å²) in [6.45, 7) is 0. The zero-order chi connectivity index (χ0) is 17.7. The van der Waals surface area contributed by atoms with Crippen molar-refractivity contribution < 1.29 is 8.42 Å². The van der Waals surface area contributed by atoms with E-state index in [9.17, 15) is 8.42 Å². The van der Waals surface area contributed by atoms with E-state index < -0.39 is 10.0 Å². The maximum atomic E-state index is 12.5. The average molecular weight is 364 g/mol. The zero-order valence-electron chi connectivity index (χ0n) is 12.9. The van der Waals surface area contributed by atoms with Crippen LogP contribution in [-0.4, -0.2) is 8.42 Å². The van der Waals surface area contributed by atoms with Crippen molar-refractivity contribution in [3.63, 3.8) is 0 Å². The standard InChI is InChI=1S/C19H12N2O2S2/c20-14-16-5-2-8-19(13-16)25(22,23)21-17-6-1-4-15(12-17)9-10-18-7-3-11-24-18/h1-8,11-13,21H. The molecule has 0 aliphatic heterocycles. The van der Waals surface area contributed by atoms with Crippen molar-refractivity contribution in [1.29, 1.82) is 5.26 Å². The number of hydrogen-bond acceptors (Lipinski definition) is 4. The van der Waals surface area contributed by atoms with Crippen LogP contribution in [0.5, 0.6) is 0 Å². The van der Waals surface area contributed by atoms with Crippen molar-refractivity contribution in [3.05, 3.63) is 82.0 Å². The molecule has 1 N–H and O–H groups in total. The smallest absolute Gasteiger partial charge is 0.261 e. The van der Waals surface area contributed by atoms with Gasteiger partial charge in [-0.1, -0.05) is 30.0 Å². The van der Waals surface area contributed by atoms with E-state index in [0.29, 0.717) is 16.8 Å². The Hall–Kier alpha value is -3.06. The second-order valence-corrected chi connectivity index (χ2v) is 7.68. The molecule has 0 bridgehead atoms. The Morgan fingerprint density at radius 1 is 0.920 bits per heavy atom. The molecule has 0 aliphatic carbocycles. The number of nitrogens with one attached hydrogen (secondary N) is 1. The van der Waals surface area contributed by atoms with Gasteiger partial charge in [-0.15, -0.1) is 11.3 Å². The van der Waals surface area contributed by atoms with E-state index in [1.807, 2.05) is 29.6 Å². The van der Waals surface area contributed by atoms with Gasteiger partial charge in [0.1, 0.15) is 0 Å². The number of rotatable bonds is 3. The lowest BCUT2D eigenvalue weighted by molar-refractivity contribution is 0.601. The minimum Gasteiger partial charge on any atom is -0.280 e. The van der Waals surface area contributed by atoms with Gasteiger partial charge in [-0.05, 0) is 47.8 Å². The summed E-state index contributed by atoms with van der Waals surface area (Å²) in [5, 5.41) is 10.9. The van der Waals surface area contributed by atoms with Crippen LogP contribution in [0.4, 0.5) is 5.69 Å². The first kappa shape index (κ1) is 16.8. The monoisotopic (exact) mass is 364 g/mol. The Morgan fingerprint density at radius 3 is 2.48 bits per heavy atom. The minimum absolute atomic E-state index is 0.0432. The fourth-order valence-electron chi connectivity index (χ4n) is 2.09. The molecule has 0 saturated heterocycles. The van der Waals surface area contributed by atoms with Crippen molar-refractivity contribution in [2.75, 3.05) is 4.72 Å². The van der Waals surface area contributed by atoms with Crippen LogP contribution in [-0.2, 0) is 10.0 Å². The normalized spacial score (nSPS) is 10.4. The molecule has 122 valence electrons. The SMILES string of the molecule is N#Cc1cccc(S(=O)(=O)Nc2cccc(C#Cc3cccs3)c2)c1. The van der Waals surface area contributed by atoms with Crippen LogP contribution in [0.3, 0.4) is 0 Å². The second-order valence-electron chi connectivity index (χ2n) is 5.05. The number of nitrogens with zero attached hydrogens (tertiary/aromatic N) is 1. The summed E-state index contributed by atoms with van der Waals surface area (Å²) in [6, 6.07) is 18.5. The number of sulfonamides is 1. The quantitative estimate of drug-likeness (QED) is 0.718. The van der Waals surface area contributed by atoms with Crippen LogP contribution in [0.1, 0.15) is 16.0 Å². The van der Waals surface area contributed by atoms with Gasteiger partial charge < -0.3 is 0 Å². The summed E-state index contributed by atoms with van der Waals surface area (Å²) < 4.78 is 27.5. The van der Waals surface area contributed by atoms with Crippen molar-refractivity contribution in [1.82, 2.24) is 0 Å². The molecule has 0 amide bonds. The lowest BCUT2D eigenvalue weighted by atomic mass is 10.2. The van der Waals surface area contributed by atoms with E-state index in [4.69, 9.17) is 5.26 Å². The van der Waals surface area contributed by atoms with E-state index in [1.54, 1.807) is 35.6 Å². The largest absolute Gasteiger partial charge is 0.280 e. The Morgan fingerprint density at radius 2 is 1.72 bits per heavy atom. The highest BCUT2D eigenvalue weighted by molar-refractivity contribution is 7.92. The average Bonchev–Trinajstić information content (AvgIpc) is 3.13. The number of benzene rings is 2. The van der Waals surface area contributed by atoms with E-state index in [1.165, 1.54) is 18.2 Å². The first-order valence-corrected chi connectivity index (χ1v) is 9.62. The summed E-state index contributed by atoms with van der Waals surface area (Å²) in [4.78, 5) is 0.987. The third-order valence-electron chi connectivity index (χ3n) is 3.24. The zero-order valence-corrected chi connectivity index (χ0v) is 14.6. The van der Waals surface area contributed by atoms with Gasteiger partial charge >= 0.3 is 0 Å². The summed E-state index contributed by atoms with van der Waals surface area (Å²) in [5.74, 6) is 6.05. The molecule has 0 saturated carbocycles. The van der Waals surface area contributed by atoms with Crippen molar-refractivity contribution >= 4 is 27.0 Å². The lowest BCUT2D eigenvalue weighted by Gasteiger charge is -2.08. The Bertz CT molecular complexity index is 1100. The van der Waals surface area contributed by atoms with E-state index >= 15 is 0 Å². The van der Waals surface area contributed by atoms with Gasteiger partial charge in [0.05, 0.1) is 27.1 Å². The first-order valence-electron chi connectivity index (χ1n) is 7.25. The van der Waals surface area contributed by atoms with Crippen LogP contribution < -0.4 is 4.72 Å². The van der Waals surface area contributed by atoms with E-state index in [0.717, 1.165) is 4.88 Å². The molecule has 3 aromatic rings. The molecule has 0 fully saturated rings. The fourth-order valence-corrected chi connectivity index (χ4v) is 3.76. The Labute approximate surface area is 150 Å². The molecule has 0 spiro atoms. The Balaban J connectivity index is 1.85. The predicted octanol–water partition coefficient (Wildman–Crippen LogP) is 3.82. The summed E-state index contributed by atoms with van der Waals surface area (Å²) in [5.41, 5.74) is 1.41. The van der Waals surface area contributed by atoms with Gasteiger partial charge in [0.15, 0.2) is 0 Å². The third kappa shape index (κ3) is 4.27. The van der Waals surface area contributed by atoms with Gasteiger partial charge in [-0.3, -0.25) is 4.72 Å². The summed E-state index contributed by atoms with van der Waals surface area (Å²) >= 11 is 1.55. The van der Waals surface area contributed by atoms with Gasteiger partial charge in [0, 0.05) is 5.56 Å². The molecule has 4 nitrogen and oxygen atoms in total. The molecule has 0 atom stereocenters. The van der Waals surface area contributed by atoms with E-state index in [-0.39, 0.29) is 4.90 Å². The maximum Gasteiger partial charge on any atom is 0.261 e. The Kier molecular flexibility index (Phi) is 4.85. The molecule has 1 aromatic heterocycles. The molecule has 0 aliphatic rings. The fraction of sp³-hybridized carbons (Fsp3) is 0. The highest BCUT2D eigenvalue weighted by Gasteiger charge is 2.14. The first-order chi connectivity index (χ1) is 12.1. The molecule has 3 rings (SSSR count). The molecule has 25 heavy (non-hydrogen) atoms. The number of nitriles is 1. The van der Waals surface area contributed by atoms with Crippen LogP contribution >= 0.6 is 11.3 Å². The molecule has 1 heterocycles. The summed E-state index contributed by atoms with van der Waals surface area (Å²) in [7, 11) is -3.77. The van der Waals surface area contributed by atoms with Crippen molar-refractivity contribution in [3.8, 4) is 17.9 Å².